The maximum atomic E-state index is 12.3. The number of imidazole rings is 1. The predicted octanol–water partition coefficient (Wildman–Crippen LogP) is 6.97. The summed E-state index contributed by atoms with van der Waals surface area (Å²) in [5.74, 6) is 1.06. The number of methoxy groups -OCH3 is 1. The van der Waals surface area contributed by atoms with Gasteiger partial charge < -0.3 is 19.8 Å². The molecule has 6 nitrogen and oxygen atoms in total. The molecule has 0 spiro atoms. The van der Waals surface area contributed by atoms with Gasteiger partial charge in [-0.25, -0.2) is 9.78 Å². The number of hydrogen-bond donors (Lipinski definition) is 1. The molecule has 0 amide bonds. The van der Waals surface area contributed by atoms with E-state index in [1.54, 1.807) is 12.1 Å². The number of esters is 1. The van der Waals surface area contributed by atoms with Crippen LogP contribution in [0.3, 0.4) is 0 Å². The van der Waals surface area contributed by atoms with Gasteiger partial charge in [0.1, 0.15) is 18.2 Å². The van der Waals surface area contributed by atoms with Crippen molar-refractivity contribution in [2.24, 2.45) is 0 Å². The highest BCUT2D eigenvalue weighted by Crippen LogP contribution is 2.30. The standard InChI is InChI=1S/C31H28ClN3O3/c1-19-14-25(38-18-24-10-7-11-27(33)29(24)31(36)37-3)16-28-30(19)34-20(2)35(28)17-23-13-12-22(15-26(23)32)21-8-5-4-6-9-21/h4-16H,17-18,33H2,1-3H3. The van der Waals surface area contributed by atoms with Crippen molar-refractivity contribution in [3.05, 3.63) is 112 Å². The van der Waals surface area contributed by atoms with Crippen LogP contribution in [-0.4, -0.2) is 22.6 Å². The van der Waals surface area contributed by atoms with Gasteiger partial charge in [0.2, 0.25) is 0 Å². The Kier molecular flexibility index (Phi) is 7.07. The Morgan fingerprint density at radius 3 is 2.47 bits per heavy atom. The zero-order valence-corrected chi connectivity index (χ0v) is 22.3. The van der Waals surface area contributed by atoms with E-state index in [9.17, 15) is 4.79 Å². The second-order valence-corrected chi connectivity index (χ2v) is 9.59. The van der Waals surface area contributed by atoms with E-state index in [-0.39, 0.29) is 6.61 Å². The van der Waals surface area contributed by atoms with Crippen LogP contribution in [0.1, 0.15) is 32.9 Å². The molecule has 2 N–H and O–H groups in total. The summed E-state index contributed by atoms with van der Waals surface area (Å²) in [6, 6.07) is 25.5. The van der Waals surface area contributed by atoms with Crippen molar-refractivity contribution in [3.8, 4) is 16.9 Å². The quantitative estimate of drug-likeness (QED) is 0.183. The molecule has 0 fully saturated rings. The highest BCUT2D eigenvalue weighted by atomic mass is 35.5. The number of nitrogen functional groups attached to an aromatic ring is 1. The van der Waals surface area contributed by atoms with Crippen molar-refractivity contribution in [1.29, 1.82) is 0 Å². The van der Waals surface area contributed by atoms with Crippen molar-refractivity contribution in [2.75, 3.05) is 12.8 Å². The molecule has 0 aliphatic heterocycles. The first-order valence-electron chi connectivity index (χ1n) is 12.3. The topological polar surface area (TPSA) is 79.4 Å². The number of fused-ring (bicyclic) bond motifs is 1. The molecule has 0 aliphatic carbocycles. The number of carbonyl (C=O) groups excluding carboxylic acids is 1. The Labute approximate surface area is 226 Å². The molecule has 0 saturated heterocycles. The Morgan fingerprint density at radius 2 is 1.74 bits per heavy atom. The predicted molar refractivity (Wildman–Crippen MR) is 152 cm³/mol. The molecular weight excluding hydrogens is 498 g/mol. The van der Waals surface area contributed by atoms with Crippen molar-refractivity contribution >= 4 is 34.3 Å². The summed E-state index contributed by atoms with van der Waals surface area (Å²) in [5, 5.41) is 0.703. The smallest absolute Gasteiger partial charge is 0.340 e. The van der Waals surface area contributed by atoms with Gasteiger partial charge >= 0.3 is 5.97 Å². The molecular formula is C31H28ClN3O3. The minimum Gasteiger partial charge on any atom is -0.489 e. The molecule has 5 rings (SSSR count). The third kappa shape index (κ3) is 4.95. The first-order chi connectivity index (χ1) is 18.4. The second kappa shape index (κ2) is 10.6. The van der Waals surface area contributed by atoms with Crippen LogP contribution in [0.25, 0.3) is 22.2 Å². The molecule has 1 heterocycles. The fourth-order valence-electron chi connectivity index (χ4n) is 4.67. The first kappa shape index (κ1) is 25.4. The molecule has 0 radical (unpaired) electrons. The number of nitrogens with zero attached hydrogens (tertiary/aromatic N) is 2. The van der Waals surface area contributed by atoms with E-state index in [1.807, 2.05) is 56.3 Å². The number of carbonyl (C=O) groups is 1. The normalized spacial score (nSPS) is 11.1. The van der Waals surface area contributed by atoms with E-state index in [4.69, 9.17) is 31.8 Å². The van der Waals surface area contributed by atoms with Gasteiger partial charge in [-0.15, -0.1) is 0 Å². The van der Waals surface area contributed by atoms with Crippen molar-refractivity contribution in [1.82, 2.24) is 9.55 Å². The van der Waals surface area contributed by atoms with E-state index in [1.165, 1.54) is 7.11 Å². The Balaban J connectivity index is 1.45. The third-order valence-corrected chi connectivity index (χ3v) is 7.02. The van der Waals surface area contributed by atoms with Crippen molar-refractivity contribution < 1.29 is 14.3 Å². The average molecular weight is 526 g/mol. The van der Waals surface area contributed by atoms with Crippen LogP contribution >= 0.6 is 11.6 Å². The Hall–Kier alpha value is -4.29. The maximum Gasteiger partial charge on any atom is 0.340 e. The van der Waals surface area contributed by atoms with Gasteiger partial charge in [-0.2, -0.15) is 0 Å². The molecule has 192 valence electrons. The van der Waals surface area contributed by atoms with Gasteiger partial charge in [0.05, 0.1) is 30.3 Å². The van der Waals surface area contributed by atoms with Crippen molar-refractivity contribution in [3.63, 3.8) is 0 Å². The number of ether oxygens (including phenoxy) is 2. The number of aromatic nitrogens is 2. The molecule has 0 bridgehead atoms. The summed E-state index contributed by atoms with van der Waals surface area (Å²) in [5.41, 5.74) is 13.4. The van der Waals surface area contributed by atoms with Crippen LogP contribution in [0.2, 0.25) is 5.02 Å². The number of anilines is 1. The SMILES string of the molecule is COC(=O)c1c(N)cccc1COc1cc(C)c2nc(C)n(Cc3ccc(-c4ccccc4)cc3Cl)c2c1. The lowest BCUT2D eigenvalue weighted by Crippen LogP contribution is -2.11. The molecule has 4 aromatic carbocycles. The van der Waals surface area contributed by atoms with E-state index < -0.39 is 5.97 Å². The summed E-state index contributed by atoms with van der Waals surface area (Å²) in [6.45, 7) is 4.73. The summed E-state index contributed by atoms with van der Waals surface area (Å²) in [7, 11) is 1.33. The molecule has 0 saturated carbocycles. The van der Waals surface area contributed by atoms with Gasteiger partial charge in [0.15, 0.2) is 0 Å². The number of hydrogen-bond acceptors (Lipinski definition) is 5. The molecule has 7 heteroatoms. The number of nitrogens with two attached hydrogens (primary N) is 1. The highest BCUT2D eigenvalue weighted by molar-refractivity contribution is 6.31. The number of benzene rings is 4. The van der Waals surface area contributed by atoms with Crippen LogP contribution < -0.4 is 10.5 Å². The van der Waals surface area contributed by atoms with Crippen LogP contribution in [0.15, 0.2) is 78.9 Å². The summed E-state index contributed by atoms with van der Waals surface area (Å²) < 4.78 is 13.2. The van der Waals surface area contributed by atoms with Gasteiger partial charge in [-0.1, -0.05) is 66.2 Å². The van der Waals surface area contributed by atoms with Gasteiger partial charge in [-0.3, -0.25) is 0 Å². The fraction of sp³-hybridized carbons (Fsp3) is 0.161. The lowest BCUT2D eigenvalue weighted by atomic mass is 10.0. The Bertz CT molecular complexity index is 1640. The zero-order chi connectivity index (χ0) is 26.8. The maximum absolute atomic E-state index is 12.3. The lowest BCUT2D eigenvalue weighted by molar-refractivity contribution is 0.0599. The zero-order valence-electron chi connectivity index (χ0n) is 21.5. The van der Waals surface area contributed by atoms with Crippen LogP contribution in [0, 0.1) is 13.8 Å². The second-order valence-electron chi connectivity index (χ2n) is 9.19. The van der Waals surface area contributed by atoms with E-state index in [0.717, 1.165) is 39.1 Å². The molecule has 1 aromatic heterocycles. The first-order valence-corrected chi connectivity index (χ1v) is 12.6. The third-order valence-electron chi connectivity index (χ3n) is 6.66. The van der Waals surface area contributed by atoms with Crippen LogP contribution in [-0.2, 0) is 17.9 Å². The largest absolute Gasteiger partial charge is 0.489 e. The average Bonchev–Trinajstić information content (AvgIpc) is 3.24. The summed E-state index contributed by atoms with van der Waals surface area (Å²) >= 11 is 6.74. The van der Waals surface area contributed by atoms with Gasteiger partial charge in [0, 0.05) is 22.3 Å². The molecule has 38 heavy (non-hydrogen) atoms. The van der Waals surface area contributed by atoms with Crippen LogP contribution in [0.5, 0.6) is 5.75 Å². The minimum absolute atomic E-state index is 0.167. The molecule has 5 aromatic rings. The van der Waals surface area contributed by atoms with Crippen molar-refractivity contribution in [2.45, 2.75) is 27.0 Å². The molecule has 0 atom stereocenters. The van der Waals surface area contributed by atoms with Crippen LogP contribution in [0.4, 0.5) is 5.69 Å². The fourth-order valence-corrected chi connectivity index (χ4v) is 4.91. The number of aryl methyl sites for hydroxylation is 2. The minimum atomic E-state index is -0.489. The van der Waals surface area contributed by atoms with Gasteiger partial charge in [0.25, 0.3) is 0 Å². The van der Waals surface area contributed by atoms with E-state index >= 15 is 0 Å². The summed E-state index contributed by atoms with van der Waals surface area (Å²) in [4.78, 5) is 17.1. The highest BCUT2D eigenvalue weighted by Gasteiger charge is 2.17. The Morgan fingerprint density at radius 1 is 0.947 bits per heavy atom. The molecule has 0 aliphatic rings. The lowest BCUT2D eigenvalue weighted by Gasteiger charge is -2.14. The van der Waals surface area contributed by atoms with Gasteiger partial charge in [-0.05, 0) is 54.3 Å². The number of halogens is 1. The summed E-state index contributed by atoms with van der Waals surface area (Å²) in [6.07, 6.45) is 0. The van der Waals surface area contributed by atoms with E-state index in [2.05, 4.69) is 28.8 Å². The van der Waals surface area contributed by atoms with E-state index in [0.29, 0.717) is 34.1 Å². The molecule has 0 unspecified atom stereocenters. The monoisotopic (exact) mass is 525 g/mol. The number of rotatable bonds is 7.